The fourth-order valence-electron chi connectivity index (χ4n) is 2.95. The van der Waals surface area contributed by atoms with E-state index in [0.717, 1.165) is 12.3 Å². The van der Waals surface area contributed by atoms with Gasteiger partial charge in [0.1, 0.15) is 5.82 Å². The highest BCUT2D eigenvalue weighted by Gasteiger charge is 2.31. The summed E-state index contributed by atoms with van der Waals surface area (Å²) < 4.78 is 37.9. The lowest BCUT2D eigenvalue weighted by Crippen LogP contribution is -2.48. The SMILES string of the molecule is O=C(CN1CCN(c2ccc(C(F)(F)F)cn2)CC1)Nc1ccc([N+](=O)[O-])cc1. The Bertz CT molecular complexity index is 864. The number of pyridine rings is 1. The van der Waals surface area contributed by atoms with Crippen molar-refractivity contribution in [3.05, 3.63) is 58.3 Å². The molecule has 0 radical (unpaired) electrons. The first kappa shape index (κ1) is 20.5. The Labute approximate surface area is 164 Å². The summed E-state index contributed by atoms with van der Waals surface area (Å²) in [5.74, 6) is 0.216. The smallest absolute Gasteiger partial charge is 0.354 e. The van der Waals surface area contributed by atoms with Crippen LogP contribution in [-0.2, 0) is 11.0 Å². The summed E-state index contributed by atoms with van der Waals surface area (Å²) in [4.78, 5) is 30.0. The molecule has 0 unspecified atom stereocenters. The molecule has 0 bridgehead atoms. The third-order valence-corrected chi connectivity index (χ3v) is 4.50. The monoisotopic (exact) mass is 409 g/mol. The molecule has 29 heavy (non-hydrogen) atoms. The van der Waals surface area contributed by atoms with E-state index in [1.54, 1.807) is 0 Å². The van der Waals surface area contributed by atoms with Crippen molar-refractivity contribution in [3.63, 3.8) is 0 Å². The van der Waals surface area contributed by atoms with E-state index in [1.807, 2.05) is 9.80 Å². The predicted octanol–water partition coefficient (Wildman–Crippen LogP) is 2.77. The molecule has 0 atom stereocenters. The van der Waals surface area contributed by atoms with Crippen LogP contribution in [0.2, 0.25) is 0 Å². The van der Waals surface area contributed by atoms with Crippen LogP contribution in [0.5, 0.6) is 0 Å². The van der Waals surface area contributed by atoms with Gasteiger partial charge in [-0.15, -0.1) is 0 Å². The normalized spacial score (nSPS) is 15.2. The summed E-state index contributed by atoms with van der Waals surface area (Å²) in [6.45, 7) is 2.31. The van der Waals surface area contributed by atoms with Crippen molar-refractivity contribution in [3.8, 4) is 0 Å². The third-order valence-electron chi connectivity index (χ3n) is 4.50. The number of nitro benzene ring substituents is 1. The summed E-state index contributed by atoms with van der Waals surface area (Å²) in [5, 5.41) is 13.3. The second-order valence-corrected chi connectivity index (χ2v) is 6.52. The molecule has 1 aliphatic heterocycles. The number of aromatic nitrogens is 1. The van der Waals surface area contributed by atoms with Crippen LogP contribution in [0.25, 0.3) is 0 Å². The number of rotatable bonds is 5. The lowest BCUT2D eigenvalue weighted by atomic mass is 10.2. The van der Waals surface area contributed by atoms with Crippen LogP contribution in [-0.4, -0.2) is 53.4 Å². The number of hydrogen-bond acceptors (Lipinski definition) is 6. The first-order valence-electron chi connectivity index (χ1n) is 8.77. The van der Waals surface area contributed by atoms with Gasteiger partial charge in [-0.05, 0) is 24.3 Å². The number of halogens is 3. The van der Waals surface area contributed by atoms with Crippen molar-refractivity contribution in [2.24, 2.45) is 0 Å². The average molecular weight is 409 g/mol. The maximum atomic E-state index is 12.6. The fourth-order valence-corrected chi connectivity index (χ4v) is 2.95. The van der Waals surface area contributed by atoms with Gasteiger partial charge in [0, 0.05) is 50.2 Å². The third kappa shape index (κ3) is 5.41. The standard InChI is InChI=1S/C18H18F3N5O3/c19-18(20,21)13-1-6-16(22-11-13)25-9-7-24(8-10-25)12-17(27)23-14-2-4-15(5-3-14)26(28)29/h1-6,11H,7-10,12H2,(H,23,27). The molecule has 1 N–H and O–H groups in total. The Hall–Kier alpha value is -3.21. The van der Waals surface area contributed by atoms with E-state index >= 15 is 0 Å². The molecule has 1 saturated heterocycles. The van der Waals surface area contributed by atoms with E-state index in [-0.39, 0.29) is 18.1 Å². The van der Waals surface area contributed by atoms with Crippen molar-refractivity contribution in [2.45, 2.75) is 6.18 Å². The first-order chi connectivity index (χ1) is 13.7. The zero-order valence-electron chi connectivity index (χ0n) is 15.2. The van der Waals surface area contributed by atoms with Crippen LogP contribution in [0.15, 0.2) is 42.6 Å². The minimum Gasteiger partial charge on any atom is -0.354 e. The number of carbonyl (C=O) groups is 1. The Morgan fingerprint density at radius 3 is 2.28 bits per heavy atom. The Balaban J connectivity index is 1.48. The van der Waals surface area contributed by atoms with Crippen molar-refractivity contribution in [1.82, 2.24) is 9.88 Å². The Morgan fingerprint density at radius 1 is 1.10 bits per heavy atom. The van der Waals surface area contributed by atoms with Crippen LogP contribution in [0.1, 0.15) is 5.56 Å². The van der Waals surface area contributed by atoms with Crippen LogP contribution in [0.3, 0.4) is 0 Å². The van der Waals surface area contributed by atoms with Crippen molar-refractivity contribution < 1.29 is 22.9 Å². The van der Waals surface area contributed by atoms with E-state index in [2.05, 4.69) is 10.3 Å². The molecule has 1 aliphatic rings. The van der Waals surface area contributed by atoms with Crippen LogP contribution < -0.4 is 10.2 Å². The summed E-state index contributed by atoms with van der Waals surface area (Å²) in [6.07, 6.45) is -3.60. The van der Waals surface area contributed by atoms with Crippen molar-refractivity contribution in [1.29, 1.82) is 0 Å². The van der Waals surface area contributed by atoms with E-state index in [4.69, 9.17) is 0 Å². The fraction of sp³-hybridized carbons (Fsp3) is 0.333. The number of benzene rings is 1. The average Bonchev–Trinajstić information content (AvgIpc) is 2.68. The maximum absolute atomic E-state index is 12.6. The molecule has 154 valence electrons. The number of amides is 1. The second-order valence-electron chi connectivity index (χ2n) is 6.52. The predicted molar refractivity (Wildman–Crippen MR) is 99.6 cm³/mol. The van der Waals surface area contributed by atoms with Crippen LogP contribution in [0.4, 0.5) is 30.4 Å². The topological polar surface area (TPSA) is 91.6 Å². The molecule has 2 heterocycles. The summed E-state index contributed by atoms with van der Waals surface area (Å²) in [6, 6.07) is 7.90. The van der Waals surface area contributed by atoms with Gasteiger partial charge in [0.05, 0.1) is 17.0 Å². The van der Waals surface area contributed by atoms with E-state index < -0.39 is 16.7 Å². The highest BCUT2D eigenvalue weighted by atomic mass is 19.4. The number of piperazine rings is 1. The number of non-ortho nitro benzene ring substituents is 1. The van der Waals surface area contributed by atoms with E-state index in [1.165, 1.54) is 30.3 Å². The number of alkyl halides is 3. The van der Waals surface area contributed by atoms with Gasteiger partial charge in [-0.25, -0.2) is 4.98 Å². The van der Waals surface area contributed by atoms with Gasteiger partial charge in [0.25, 0.3) is 5.69 Å². The minimum absolute atomic E-state index is 0.0593. The number of nitrogens with one attached hydrogen (secondary N) is 1. The summed E-state index contributed by atoms with van der Waals surface area (Å²) in [7, 11) is 0. The molecule has 8 nitrogen and oxygen atoms in total. The molecule has 1 amide bonds. The molecule has 2 aromatic rings. The molecule has 0 saturated carbocycles. The minimum atomic E-state index is -4.42. The molecule has 1 aromatic carbocycles. The second kappa shape index (κ2) is 8.43. The lowest BCUT2D eigenvalue weighted by Gasteiger charge is -2.35. The van der Waals surface area contributed by atoms with Gasteiger partial charge < -0.3 is 10.2 Å². The molecule has 0 aliphatic carbocycles. The molecule has 1 aromatic heterocycles. The molecular formula is C18H18F3N5O3. The molecule has 0 spiro atoms. The highest BCUT2D eigenvalue weighted by molar-refractivity contribution is 5.92. The highest BCUT2D eigenvalue weighted by Crippen LogP contribution is 2.29. The molecular weight excluding hydrogens is 391 g/mol. The number of anilines is 2. The number of hydrogen-bond donors (Lipinski definition) is 1. The quantitative estimate of drug-likeness (QED) is 0.603. The van der Waals surface area contributed by atoms with Gasteiger partial charge in [-0.3, -0.25) is 19.8 Å². The van der Waals surface area contributed by atoms with Gasteiger partial charge in [0.2, 0.25) is 5.91 Å². The van der Waals surface area contributed by atoms with E-state index in [0.29, 0.717) is 37.7 Å². The lowest BCUT2D eigenvalue weighted by molar-refractivity contribution is -0.384. The number of carbonyl (C=O) groups excluding carboxylic acids is 1. The largest absolute Gasteiger partial charge is 0.417 e. The number of nitrogens with zero attached hydrogens (tertiary/aromatic N) is 4. The number of nitro groups is 1. The van der Waals surface area contributed by atoms with Crippen molar-refractivity contribution >= 4 is 23.1 Å². The van der Waals surface area contributed by atoms with E-state index in [9.17, 15) is 28.1 Å². The van der Waals surface area contributed by atoms with Crippen LogP contribution in [0, 0.1) is 10.1 Å². The summed E-state index contributed by atoms with van der Waals surface area (Å²) in [5.41, 5.74) is -0.382. The zero-order chi connectivity index (χ0) is 21.0. The molecule has 3 rings (SSSR count). The zero-order valence-corrected chi connectivity index (χ0v) is 15.2. The first-order valence-corrected chi connectivity index (χ1v) is 8.77. The van der Waals surface area contributed by atoms with Gasteiger partial charge in [-0.1, -0.05) is 0 Å². The summed E-state index contributed by atoms with van der Waals surface area (Å²) >= 11 is 0. The molecule has 1 fully saturated rings. The molecule has 11 heteroatoms. The van der Waals surface area contributed by atoms with Gasteiger partial charge in [-0.2, -0.15) is 13.2 Å². The Kier molecular flexibility index (Phi) is 5.97. The maximum Gasteiger partial charge on any atom is 0.417 e. The van der Waals surface area contributed by atoms with Gasteiger partial charge in [0.15, 0.2) is 0 Å². The van der Waals surface area contributed by atoms with Crippen molar-refractivity contribution in [2.75, 3.05) is 42.9 Å². The van der Waals surface area contributed by atoms with Gasteiger partial charge >= 0.3 is 6.18 Å². The Morgan fingerprint density at radius 2 is 1.76 bits per heavy atom. The van der Waals surface area contributed by atoms with Crippen LogP contribution >= 0.6 is 0 Å².